The van der Waals surface area contributed by atoms with Gasteiger partial charge in [-0.1, -0.05) is 48.2 Å². The number of thioether (sulfide) groups is 1. The van der Waals surface area contributed by atoms with Crippen molar-refractivity contribution in [2.24, 2.45) is 0 Å². The van der Waals surface area contributed by atoms with Crippen LogP contribution in [0, 0.1) is 0 Å². The largest absolute Gasteiger partial charge is 0.342 e. The smallest absolute Gasteiger partial charge is 0.233 e. The minimum Gasteiger partial charge on any atom is -0.342 e. The molecule has 1 aliphatic heterocycles. The molecule has 0 spiro atoms. The molecule has 0 saturated carbocycles. The van der Waals surface area contributed by atoms with E-state index >= 15 is 0 Å². The van der Waals surface area contributed by atoms with E-state index in [1.54, 1.807) is 11.3 Å². The van der Waals surface area contributed by atoms with Crippen LogP contribution in [0.25, 0.3) is 10.7 Å². The van der Waals surface area contributed by atoms with Crippen molar-refractivity contribution in [3.05, 3.63) is 53.4 Å². The van der Waals surface area contributed by atoms with Gasteiger partial charge < -0.3 is 4.90 Å². The van der Waals surface area contributed by atoms with E-state index in [0.29, 0.717) is 12.3 Å². The summed E-state index contributed by atoms with van der Waals surface area (Å²) in [5, 5.41) is 11.6. The Bertz CT molecular complexity index is 855. The second-order valence-corrected chi connectivity index (χ2v) is 8.12. The minimum absolute atomic E-state index is 0.194. The van der Waals surface area contributed by atoms with Crippen LogP contribution in [0.3, 0.4) is 0 Å². The second kappa shape index (κ2) is 8.05. The lowest BCUT2D eigenvalue weighted by atomic mass is 10.2. The molecule has 5 nitrogen and oxygen atoms in total. The molecule has 0 atom stereocenters. The fraction of sp³-hybridized carbons (Fsp3) is 0.316. The number of nitrogens with zero attached hydrogens (tertiary/aromatic N) is 4. The maximum absolute atomic E-state index is 12.4. The highest BCUT2D eigenvalue weighted by Crippen LogP contribution is 2.28. The molecule has 3 aromatic rings. The number of carbonyl (C=O) groups is 1. The van der Waals surface area contributed by atoms with Crippen LogP contribution >= 0.6 is 23.1 Å². The molecule has 3 heterocycles. The van der Waals surface area contributed by atoms with Crippen LogP contribution < -0.4 is 0 Å². The molecule has 1 fully saturated rings. The van der Waals surface area contributed by atoms with Gasteiger partial charge in [0.15, 0.2) is 11.0 Å². The Morgan fingerprint density at radius 1 is 1.08 bits per heavy atom. The summed E-state index contributed by atoms with van der Waals surface area (Å²) in [6.45, 7) is 2.47. The van der Waals surface area contributed by atoms with Crippen LogP contribution in [0.4, 0.5) is 0 Å². The number of aromatic nitrogens is 3. The Kier molecular flexibility index (Phi) is 5.36. The molecule has 1 saturated heterocycles. The van der Waals surface area contributed by atoms with Gasteiger partial charge in [0.1, 0.15) is 0 Å². The van der Waals surface area contributed by atoms with Gasteiger partial charge in [-0.25, -0.2) is 0 Å². The number of thiophene rings is 1. The van der Waals surface area contributed by atoms with E-state index in [-0.39, 0.29) is 5.91 Å². The Balaban J connectivity index is 1.56. The van der Waals surface area contributed by atoms with E-state index in [1.807, 2.05) is 34.5 Å². The minimum atomic E-state index is 0.194. The van der Waals surface area contributed by atoms with Crippen LogP contribution in [-0.4, -0.2) is 44.4 Å². The quantitative estimate of drug-likeness (QED) is 0.607. The van der Waals surface area contributed by atoms with Crippen molar-refractivity contribution in [2.45, 2.75) is 24.5 Å². The molecule has 0 unspecified atom stereocenters. The molecule has 1 aliphatic rings. The predicted octanol–water partition coefficient (Wildman–Crippen LogP) is 3.77. The van der Waals surface area contributed by atoms with Gasteiger partial charge in [-0.3, -0.25) is 9.36 Å². The van der Waals surface area contributed by atoms with E-state index < -0.39 is 0 Å². The number of carbonyl (C=O) groups excluding carboxylic acids is 1. The molecule has 26 heavy (non-hydrogen) atoms. The lowest BCUT2D eigenvalue weighted by Gasteiger charge is -2.15. The number of hydrogen-bond acceptors (Lipinski definition) is 5. The van der Waals surface area contributed by atoms with Crippen molar-refractivity contribution in [3.63, 3.8) is 0 Å². The maximum Gasteiger partial charge on any atom is 0.233 e. The van der Waals surface area contributed by atoms with Crippen molar-refractivity contribution in [1.29, 1.82) is 0 Å². The van der Waals surface area contributed by atoms with Gasteiger partial charge in [-0.15, -0.1) is 21.5 Å². The number of benzene rings is 1. The van der Waals surface area contributed by atoms with E-state index in [9.17, 15) is 4.79 Å². The lowest BCUT2D eigenvalue weighted by molar-refractivity contribution is -0.127. The average molecular weight is 385 g/mol. The molecule has 0 radical (unpaired) electrons. The second-order valence-electron chi connectivity index (χ2n) is 6.23. The van der Waals surface area contributed by atoms with Crippen molar-refractivity contribution in [1.82, 2.24) is 19.7 Å². The summed E-state index contributed by atoms with van der Waals surface area (Å²) in [5.74, 6) is 1.47. The van der Waals surface area contributed by atoms with E-state index in [0.717, 1.165) is 41.8 Å². The van der Waals surface area contributed by atoms with Gasteiger partial charge >= 0.3 is 0 Å². The van der Waals surface area contributed by atoms with Crippen LogP contribution in [0.1, 0.15) is 18.4 Å². The van der Waals surface area contributed by atoms with Crippen LogP contribution in [0.15, 0.2) is 53.0 Å². The van der Waals surface area contributed by atoms with Crippen molar-refractivity contribution >= 4 is 29.0 Å². The van der Waals surface area contributed by atoms with Crippen molar-refractivity contribution < 1.29 is 4.79 Å². The van der Waals surface area contributed by atoms with Gasteiger partial charge in [0.2, 0.25) is 5.91 Å². The van der Waals surface area contributed by atoms with Crippen molar-refractivity contribution in [2.75, 3.05) is 18.8 Å². The van der Waals surface area contributed by atoms with Crippen LogP contribution in [-0.2, 0) is 11.3 Å². The van der Waals surface area contributed by atoms with Gasteiger partial charge in [0.25, 0.3) is 0 Å². The van der Waals surface area contributed by atoms with Gasteiger partial charge in [-0.05, 0) is 29.9 Å². The third-order valence-corrected chi connectivity index (χ3v) is 6.24. The van der Waals surface area contributed by atoms with Gasteiger partial charge in [0, 0.05) is 13.1 Å². The first-order valence-electron chi connectivity index (χ1n) is 8.73. The average Bonchev–Trinajstić information content (AvgIpc) is 3.42. The predicted molar refractivity (Wildman–Crippen MR) is 105 cm³/mol. The summed E-state index contributed by atoms with van der Waals surface area (Å²) < 4.78 is 2.11. The summed E-state index contributed by atoms with van der Waals surface area (Å²) >= 11 is 3.13. The molecule has 7 heteroatoms. The Hall–Kier alpha value is -2.12. The SMILES string of the molecule is O=C(CSc1nnc(-c2cccs2)n1Cc1ccccc1)N1CCCC1. The Labute approximate surface area is 161 Å². The molecule has 4 rings (SSSR count). The first-order valence-corrected chi connectivity index (χ1v) is 10.6. The molecule has 2 aromatic heterocycles. The fourth-order valence-electron chi connectivity index (χ4n) is 3.08. The highest BCUT2D eigenvalue weighted by molar-refractivity contribution is 7.99. The standard InChI is InChI=1S/C19H20N4OS2/c24-17(22-10-4-5-11-22)14-26-19-21-20-18(16-9-6-12-25-16)23(19)13-15-7-2-1-3-8-15/h1-3,6-9,12H,4-5,10-11,13-14H2. The Morgan fingerprint density at radius 3 is 2.62 bits per heavy atom. The number of rotatable bonds is 6. The first-order chi connectivity index (χ1) is 12.8. The maximum atomic E-state index is 12.4. The summed E-state index contributed by atoms with van der Waals surface area (Å²) in [4.78, 5) is 15.4. The summed E-state index contributed by atoms with van der Waals surface area (Å²) in [5.41, 5.74) is 1.19. The van der Waals surface area contributed by atoms with Gasteiger partial charge in [-0.2, -0.15) is 0 Å². The molecule has 0 bridgehead atoms. The number of likely N-dealkylation sites (tertiary alicyclic amines) is 1. The zero-order valence-electron chi connectivity index (χ0n) is 14.4. The third-order valence-electron chi connectivity index (χ3n) is 4.43. The summed E-state index contributed by atoms with van der Waals surface area (Å²) in [6, 6.07) is 14.4. The third kappa shape index (κ3) is 3.83. The molecular weight excluding hydrogens is 364 g/mol. The zero-order chi connectivity index (χ0) is 17.8. The highest BCUT2D eigenvalue weighted by atomic mass is 32.2. The molecule has 0 N–H and O–H groups in total. The summed E-state index contributed by atoms with van der Waals surface area (Å²) in [7, 11) is 0. The van der Waals surface area contributed by atoms with Crippen LogP contribution in [0.5, 0.6) is 0 Å². The molecular formula is C19H20N4OS2. The van der Waals surface area contributed by atoms with E-state index in [2.05, 4.69) is 33.0 Å². The van der Waals surface area contributed by atoms with Gasteiger partial charge in [0.05, 0.1) is 17.2 Å². The van der Waals surface area contributed by atoms with E-state index in [4.69, 9.17) is 0 Å². The monoisotopic (exact) mass is 384 g/mol. The summed E-state index contributed by atoms with van der Waals surface area (Å²) in [6.07, 6.45) is 2.23. The zero-order valence-corrected chi connectivity index (χ0v) is 16.0. The van der Waals surface area contributed by atoms with Crippen LogP contribution in [0.2, 0.25) is 0 Å². The first kappa shape index (κ1) is 17.3. The van der Waals surface area contributed by atoms with E-state index in [1.165, 1.54) is 17.3 Å². The Morgan fingerprint density at radius 2 is 1.88 bits per heavy atom. The molecule has 1 amide bonds. The normalized spacial score (nSPS) is 14.1. The molecule has 1 aromatic carbocycles. The topological polar surface area (TPSA) is 51.0 Å². The highest BCUT2D eigenvalue weighted by Gasteiger charge is 2.20. The fourth-order valence-corrected chi connectivity index (χ4v) is 4.63. The lowest BCUT2D eigenvalue weighted by Crippen LogP contribution is -2.29. The number of hydrogen-bond donors (Lipinski definition) is 0. The molecule has 0 aliphatic carbocycles. The number of amides is 1. The molecule has 134 valence electrons. The van der Waals surface area contributed by atoms with Crippen molar-refractivity contribution in [3.8, 4) is 10.7 Å².